The molecule has 0 aliphatic carbocycles. The maximum absolute atomic E-state index is 11.0. The van der Waals surface area contributed by atoms with Gasteiger partial charge in [0.15, 0.2) is 0 Å². The van der Waals surface area contributed by atoms with Crippen LogP contribution in [0.1, 0.15) is 13.3 Å². The Morgan fingerprint density at radius 3 is 2.47 bits per heavy atom. The van der Waals surface area contributed by atoms with Crippen LogP contribution in [0.4, 0.5) is 0 Å². The minimum atomic E-state index is -1.05. The van der Waals surface area contributed by atoms with Crippen molar-refractivity contribution in [2.45, 2.75) is 13.3 Å². The molecule has 0 unspecified atom stereocenters. The first-order valence-electron chi connectivity index (χ1n) is 4.80. The summed E-state index contributed by atoms with van der Waals surface area (Å²) >= 11 is 0. The second-order valence-electron chi connectivity index (χ2n) is 2.73. The van der Waals surface area contributed by atoms with Crippen LogP contribution >= 0.6 is 0 Å². The molecular formula is C9H17NO5. The molecule has 15 heavy (non-hydrogen) atoms. The number of ether oxygens (including phenoxy) is 2. The van der Waals surface area contributed by atoms with Crippen LogP contribution in [0.15, 0.2) is 0 Å². The van der Waals surface area contributed by atoms with Crippen LogP contribution in [0.2, 0.25) is 0 Å². The number of amides is 1. The first kappa shape index (κ1) is 13.9. The Balaban J connectivity index is 3.20. The van der Waals surface area contributed by atoms with Crippen molar-refractivity contribution >= 4 is 11.9 Å². The lowest BCUT2D eigenvalue weighted by molar-refractivity contribution is -0.138. The average Bonchev–Trinajstić information content (AvgIpc) is 2.20. The summed E-state index contributed by atoms with van der Waals surface area (Å²) in [6.07, 6.45) is 0.166. The maximum Gasteiger partial charge on any atom is 0.322 e. The highest BCUT2D eigenvalue weighted by molar-refractivity contribution is 5.81. The van der Waals surface area contributed by atoms with E-state index in [1.165, 1.54) is 0 Å². The first-order chi connectivity index (χ1) is 7.16. The molecule has 0 saturated heterocycles. The first-order valence-corrected chi connectivity index (χ1v) is 4.80. The third-order valence-electron chi connectivity index (χ3n) is 1.49. The summed E-state index contributed by atoms with van der Waals surface area (Å²) in [7, 11) is 0. The molecule has 0 aliphatic rings. The molecule has 6 nitrogen and oxygen atoms in total. The number of nitrogens with one attached hydrogen (secondary N) is 1. The summed E-state index contributed by atoms with van der Waals surface area (Å²) in [4.78, 5) is 21.0. The van der Waals surface area contributed by atoms with E-state index in [9.17, 15) is 9.59 Å². The predicted octanol–water partition coefficient (Wildman–Crippen LogP) is -0.370. The van der Waals surface area contributed by atoms with E-state index in [-0.39, 0.29) is 25.5 Å². The molecule has 0 spiro atoms. The molecule has 2 N–H and O–H groups in total. The summed E-state index contributed by atoms with van der Waals surface area (Å²) in [5, 5.41) is 10.5. The van der Waals surface area contributed by atoms with E-state index in [0.717, 1.165) is 0 Å². The highest BCUT2D eigenvalue weighted by Crippen LogP contribution is 1.84. The molecule has 0 atom stereocenters. The molecular weight excluding hydrogens is 202 g/mol. The van der Waals surface area contributed by atoms with E-state index in [1.807, 2.05) is 6.92 Å². The Morgan fingerprint density at radius 1 is 1.20 bits per heavy atom. The maximum atomic E-state index is 11.0. The van der Waals surface area contributed by atoms with Crippen molar-refractivity contribution in [3.63, 3.8) is 0 Å². The molecule has 0 aromatic carbocycles. The quantitative estimate of drug-likeness (QED) is 0.517. The number of aliphatic carboxylic acids is 1. The summed E-state index contributed by atoms with van der Waals surface area (Å²) in [6.45, 7) is 3.41. The zero-order valence-electron chi connectivity index (χ0n) is 8.82. The van der Waals surface area contributed by atoms with Gasteiger partial charge in [-0.15, -0.1) is 0 Å². The van der Waals surface area contributed by atoms with E-state index in [4.69, 9.17) is 14.6 Å². The minimum absolute atomic E-state index is 0.166. The van der Waals surface area contributed by atoms with E-state index in [0.29, 0.717) is 19.8 Å². The van der Waals surface area contributed by atoms with Crippen LogP contribution < -0.4 is 5.32 Å². The van der Waals surface area contributed by atoms with Crippen LogP contribution in [0.25, 0.3) is 0 Å². The Hall–Kier alpha value is -1.14. The molecule has 1 amide bonds. The standard InChI is InChI=1S/C9H17NO5/c1-2-14-5-6-15-4-3-8(11)10-7-9(12)13/h2-7H2,1H3,(H,10,11)(H,12,13). The van der Waals surface area contributed by atoms with Crippen LogP contribution in [-0.4, -0.2) is 50.0 Å². The third-order valence-corrected chi connectivity index (χ3v) is 1.49. The summed E-state index contributed by atoms with van der Waals surface area (Å²) < 4.78 is 10.1. The molecule has 0 radical (unpaired) electrons. The van der Waals surface area contributed by atoms with Gasteiger partial charge >= 0.3 is 5.97 Å². The fourth-order valence-electron chi connectivity index (χ4n) is 0.792. The van der Waals surface area contributed by atoms with Gasteiger partial charge in [0.05, 0.1) is 19.8 Å². The molecule has 0 aliphatic heterocycles. The van der Waals surface area contributed by atoms with Crippen LogP contribution in [0, 0.1) is 0 Å². The highest BCUT2D eigenvalue weighted by atomic mass is 16.5. The summed E-state index contributed by atoms with van der Waals surface area (Å²) in [5.74, 6) is -1.38. The number of carboxylic acids is 1. The van der Waals surface area contributed by atoms with Gasteiger partial charge in [-0.25, -0.2) is 0 Å². The van der Waals surface area contributed by atoms with E-state index in [1.54, 1.807) is 0 Å². The molecule has 0 fully saturated rings. The molecule has 0 bridgehead atoms. The van der Waals surface area contributed by atoms with Crippen LogP contribution in [-0.2, 0) is 19.1 Å². The van der Waals surface area contributed by atoms with E-state index >= 15 is 0 Å². The zero-order valence-corrected chi connectivity index (χ0v) is 8.82. The van der Waals surface area contributed by atoms with Gasteiger partial charge in [0.1, 0.15) is 6.54 Å². The number of carbonyl (C=O) groups excluding carboxylic acids is 1. The van der Waals surface area contributed by atoms with Crippen molar-refractivity contribution in [1.82, 2.24) is 5.32 Å². The number of rotatable bonds is 9. The molecule has 0 aromatic rings. The Kier molecular flexibility index (Phi) is 8.70. The topological polar surface area (TPSA) is 84.9 Å². The van der Waals surface area contributed by atoms with Crippen molar-refractivity contribution in [3.8, 4) is 0 Å². The molecule has 0 saturated carbocycles. The second kappa shape index (κ2) is 9.42. The lowest BCUT2D eigenvalue weighted by Gasteiger charge is -2.04. The fourth-order valence-corrected chi connectivity index (χ4v) is 0.792. The van der Waals surface area contributed by atoms with E-state index in [2.05, 4.69) is 5.32 Å². The Morgan fingerprint density at radius 2 is 1.87 bits per heavy atom. The Labute approximate surface area is 88.6 Å². The van der Waals surface area contributed by atoms with Crippen LogP contribution in [0.5, 0.6) is 0 Å². The van der Waals surface area contributed by atoms with E-state index < -0.39 is 5.97 Å². The number of hydrogen-bond donors (Lipinski definition) is 2. The lowest BCUT2D eigenvalue weighted by atomic mass is 10.4. The van der Waals surface area contributed by atoms with Crippen LogP contribution in [0.3, 0.4) is 0 Å². The summed E-state index contributed by atoms with van der Waals surface area (Å²) in [6, 6.07) is 0. The minimum Gasteiger partial charge on any atom is -0.480 e. The molecule has 0 heterocycles. The van der Waals surface area contributed by atoms with Crippen molar-refractivity contribution < 1.29 is 24.2 Å². The van der Waals surface area contributed by atoms with Crippen molar-refractivity contribution in [1.29, 1.82) is 0 Å². The van der Waals surface area contributed by atoms with Gasteiger partial charge in [-0.1, -0.05) is 0 Å². The molecule has 0 aromatic heterocycles. The van der Waals surface area contributed by atoms with Gasteiger partial charge < -0.3 is 19.9 Å². The van der Waals surface area contributed by atoms with Gasteiger partial charge in [-0.2, -0.15) is 0 Å². The van der Waals surface area contributed by atoms with Gasteiger partial charge in [0.25, 0.3) is 0 Å². The number of carbonyl (C=O) groups is 2. The highest BCUT2D eigenvalue weighted by Gasteiger charge is 2.02. The van der Waals surface area contributed by atoms with Gasteiger partial charge in [0, 0.05) is 13.0 Å². The number of hydrogen-bond acceptors (Lipinski definition) is 4. The second-order valence-corrected chi connectivity index (χ2v) is 2.73. The molecule has 0 rings (SSSR count). The van der Waals surface area contributed by atoms with Crippen molar-refractivity contribution in [3.05, 3.63) is 0 Å². The Bertz CT molecular complexity index is 195. The zero-order chi connectivity index (χ0) is 11.5. The van der Waals surface area contributed by atoms with Gasteiger partial charge in [-0.05, 0) is 6.92 Å². The fraction of sp³-hybridized carbons (Fsp3) is 0.778. The van der Waals surface area contributed by atoms with Crippen molar-refractivity contribution in [2.24, 2.45) is 0 Å². The molecule has 6 heteroatoms. The monoisotopic (exact) mass is 219 g/mol. The van der Waals surface area contributed by atoms with Gasteiger partial charge in [-0.3, -0.25) is 9.59 Å². The third kappa shape index (κ3) is 10.8. The predicted molar refractivity (Wildman–Crippen MR) is 52.6 cm³/mol. The lowest BCUT2D eigenvalue weighted by Crippen LogP contribution is -2.29. The smallest absolute Gasteiger partial charge is 0.322 e. The van der Waals surface area contributed by atoms with Gasteiger partial charge in [0.2, 0.25) is 5.91 Å². The summed E-state index contributed by atoms with van der Waals surface area (Å²) in [5.41, 5.74) is 0. The number of carboxylic acid groups (broad SMARTS) is 1. The largest absolute Gasteiger partial charge is 0.480 e. The SMILES string of the molecule is CCOCCOCCC(=O)NCC(=O)O. The average molecular weight is 219 g/mol. The normalized spacial score (nSPS) is 9.93. The molecule has 88 valence electrons. The van der Waals surface area contributed by atoms with Crippen molar-refractivity contribution in [2.75, 3.05) is 33.0 Å².